The van der Waals surface area contributed by atoms with Crippen molar-refractivity contribution in [2.75, 3.05) is 18.4 Å². The first kappa shape index (κ1) is 24.6. The highest BCUT2D eigenvalue weighted by Crippen LogP contribution is 2.28. The second kappa shape index (κ2) is 10.9. The SMILES string of the molecule is Cc1ccc(NC(=O)N(CC(=O)N(CCc2c[nH]c3ccccc23)Cc2ccccc2)C2CC2)c(C)c1. The number of anilines is 1. The van der Waals surface area contributed by atoms with E-state index < -0.39 is 0 Å². The molecule has 4 aromatic rings. The number of carbonyl (C=O) groups is 2. The van der Waals surface area contributed by atoms with Gasteiger partial charge in [-0.25, -0.2) is 4.79 Å². The van der Waals surface area contributed by atoms with Crippen LogP contribution in [-0.4, -0.2) is 45.9 Å². The molecule has 1 heterocycles. The van der Waals surface area contributed by atoms with Crippen LogP contribution in [0.3, 0.4) is 0 Å². The van der Waals surface area contributed by atoms with Crippen LogP contribution in [-0.2, 0) is 17.8 Å². The second-order valence-electron chi connectivity index (χ2n) is 10.0. The summed E-state index contributed by atoms with van der Waals surface area (Å²) in [5.74, 6) is -0.0358. The Morgan fingerprint density at radius 3 is 2.49 bits per heavy atom. The Kier molecular flexibility index (Phi) is 7.26. The van der Waals surface area contributed by atoms with Crippen LogP contribution in [0.5, 0.6) is 0 Å². The number of nitrogens with zero attached hydrogens (tertiary/aromatic N) is 2. The Labute approximate surface area is 218 Å². The number of fused-ring (bicyclic) bond motifs is 1. The van der Waals surface area contributed by atoms with Gasteiger partial charge in [-0.05, 0) is 61.9 Å². The van der Waals surface area contributed by atoms with Crippen LogP contribution in [0.2, 0.25) is 0 Å². The van der Waals surface area contributed by atoms with Crippen LogP contribution in [0.15, 0.2) is 79.0 Å². The largest absolute Gasteiger partial charge is 0.361 e. The molecule has 37 heavy (non-hydrogen) atoms. The van der Waals surface area contributed by atoms with Crippen molar-refractivity contribution in [1.29, 1.82) is 0 Å². The van der Waals surface area contributed by atoms with Crippen molar-refractivity contribution in [2.24, 2.45) is 0 Å². The van der Waals surface area contributed by atoms with Gasteiger partial charge in [0.15, 0.2) is 0 Å². The first-order valence-corrected chi connectivity index (χ1v) is 13.0. The minimum absolute atomic E-state index is 0.0358. The van der Waals surface area contributed by atoms with Crippen molar-refractivity contribution < 1.29 is 9.59 Å². The summed E-state index contributed by atoms with van der Waals surface area (Å²) in [5.41, 5.74) is 6.31. The number of H-pyrrole nitrogens is 1. The Bertz CT molecular complexity index is 1390. The molecule has 0 saturated heterocycles. The molecule has 1 aromatic heterocycles. The summed E-state index contributed by atoms with van der Waals surface area (Å²) in [6, 6.07) is 24.1. The Hall–Kier alpha value is -4.06. The molecule has 0 aliphatic heterocycles. The van der Waals surface area contributed by atoms with Crippen LogP contribution in [0.25, 0.3) is 10.9 Å². The molecular formula is C31H34N4O2. The smallest absolute Gasteiger partial charge is 0.322 e. The van der Waals surface area contributed by atoms with Gasteiger partial charge in [-0.15, -0.1) is 0 Å². The van der Waals surface area contributed by atoms with Crippen molar-refractivity contribution >= 4 is 28.5 Å². The van der Waals surface area contributed by atoms with Gasteiger partial charge in [0, 0.05) is 41.9 Å². The van der Waals surface area contributed by atoms with Crippen LogP contribution >= 0.6 is 0 Å². The fourth-order valence-electron chi connectivity index (χ4n) is 4.83. The van der Waals surface area contributed by atoms with Gasteiger partial charge in [-0.3, -0.25) is 4.79 Å². The lowest BCUT2D eigenvalue weighted by Crippen LogP contribution is -2.46. The summed E-state index contributed by atoms with van der Waals surface area (Å²) in [6.45, 7) is 5.18. The summed E-state index contributed by atoms with van der Waals surface area (Å²) >= 11 is 0. The van der Waals surface area contributed by atoms with E-state index >= 15 is 0 Å². The predicted octanol–water partition coefficient (Wildman–Crippen LogP) is 6.05. The summed E-state index contributed by atoms with van der Waals surface area (Å²) < 4.78 is 0. The third-order valence-corrected chi connectivity index (χ3v) is 7.07. The number of carbonyl (C=O) groups excluding carboxylic acids is 2. The molecule has 1 aliphatic rings. The third kappa shape index (κ3) is 6.02. The number of hydrogen-bond donors (Lipinski definition) is 2. The van der Waals surface area contributed by atoms with Crippen molar-refractivity contribution in [3.05, 3.63) is 101 Å². The maximum absolute atomic E-state index is 13.7. The van der Waals surface area contributed by atoms with Gasteiger partial charge in [0.25, 0.3) is 0 Å². The van der Waals surface area contributed by atoms with Crippen molar-refractivity contribution in [2.45, 2.75) is 45.7 Å². The highest BCUT2D eigenvalue weighted by molar-refractivity contribution is 5.93. The molecule has 0 radical (unpaired) electrons. The number of para-hydroxylation sites is 1. The number of rotatable bonds is 9. The Morgan fingerprint density at radius 2 is 1.73 bits per heavy atom. The molecule has 1 aliphatic carbocycles. The number of aromatic amines is 1. The van der Waals surface area contributed by atoms with Crippen molar-refractivity contribution in [3.8, 4) is 0 Å². The Balaban J connectivity index is 1.31. The minimum Gasteiger partial charge on any atom is -0.361 e. The van der Waals surface area contributed by atoms with Gasteiger partial charge < -0.3 is 20.1 Å². The fraction of sp³-hybridized carbons (Fsp3) is 0.290. The highest BCUT2D eigenvalue weighted by Gasteiger charge is 2.35. The van der Waals surface area contributed by atoms with E-state index in [0.717, 1.165) is 47.2 Å². The standard InChI is InChI=1S/C31H34N4O2/c1-22-12-15-28(23(2)18-22)33-31(37)35(26-13-14-26)21-30(36)34(20-24-8-4-3-5-9-24)17-16-25-19-32-29-11-7-6-10-27(25)29/h3-12,15,18-19,26,32H,13-14,16-17,20-21H2,1-2H3,(H,33,37). The second-order valence-corrected chi connectivity index (χ2v) is 10.0. The molecule has 5 rings (SSSR count). The normalized spacial score (nSPS) is 12.9. The summed E-state index contributed by atoms with van der Waals surface area (Å²) in [5, 5.41) is 4.22. The number of benzene rings is 3. The molecule has 6 heteroatoms. The van der Waals surface area contributed by atoms with E-state index in [4.69, 9.17) is 0 Å². The minimum atomic E-state index is -0.209. The van der Waals surface area contributed by atoms with Crippen LogP contribution < -0.4 is 5.32 Å². The molecule has 190 valence electrons. The summed E-state index contributed by atoms with van der Waals surface area (Å²) in [4.78, 5) is 33.9. The van der Waals surface area contributed by atoms with Crippen molar-refractivity contribution in [3.63, 3.8) is 0 Å². The lowest BCUT2D eigenvalue weighted by molar-refractivity contribution is -0.132. The molecule has 0 unspecified atom stereocenters. The summed E-state index contributed by atoms with van der Waals surface area (Å²) in [6.07, 6.45) is 4.63. The Morgan fingerprint density at radius 1 is 0.973 bits per heavy atom. The zero-order valence-corrected chi connectivity index (χ0v) is 21.5. The molecular weight excluding hydrogens is 460 g/mol. The maximum Gasteiger partial charge on any atom is 0.322 e. The van der Waals surface area contributed by atoms with Gasteiger partial charge in [0.1, 0.15) is 6.54 Å². The maximum atomic E-state index is 13.7. The fourth-order valence-corrected chi connectivity index (χ4v) is 4.83. The van der Waals surface area contributed by atoms with E-state index in [-0.39, 0.29) is 24.5 Å². The topological polar surface area (TPSA) is 68.4 Å². The van der Waals surface area contributed by atoms with E-state index in [1.165, 1.54) is 10.9 Å². The van der Waals surface area contributed by atoms with Crippen LogP contribution in [0.1, 0.15) is 35.1 Å². The first-order chi connectivity index (χ1) is 18.0. The lowest BCUT2D eigenvalue weighted by Gasteiger charge is -2.28. The number of nitrogens with one attached hydrogen (secondary N) is 2. The number of hydrogen-bond acceptors (Lipinski definition) is 2. The highest BCUT2D eigenvalue weighted by atomic mass is 16.2. The zero-order chi connectivity index (χ0) is 25.8. The van der Waals surface area contributed by atoms with E-state index in [1.807, 2.05) is 79.5 Å². The van der Waals surface area contributed by atoms with Crippen molar-refractivity contribution in [1.82, 2.24) is 14.8 Å². The molecule has 0 spiro atoms. The molecule has 0 bridgehead atoms. The van der Waals surface area contributed by atoms with E-state index in [1.54, 1.807) is 4.90 Å². The number of amides is 3. The lowest BCUT2D eigenvalue weighted by atomic mass is 10.1. The third-order valence-electron chi connectivity index (χ3n) is 7.07. The summed E-state index contributed by atoms with van der Waals surface area (Å²) in [7, 11) is 0. The first-order valence-electron chi connectivity index (χ1n) is 13.0. The van der Waals surface area contributed by atoms with E-state index in [0.29, 0.717) is 13.1 Å². The molecule has 2 N–H and O–H groups in total. The van der Waals surface area contributed by atoms with Gasteiger partial charge in [0.2, 0.25) is 5.91 Å². The van der Waals surface area contributed by atoms with Gasteiger partial charge in [-0.1, -0.05) is 66.2 Å². The van der Waals surface area contributed by atoms with Gasteiger partial charge >= 0.3 is 6.03 Å². The molecule has 6 nitrogen and oxygen atoms in total. The van der Waals surface area contributed by atoms with Gasteiger partial charge in [0.05, 0.1) is 0 Å². The van der Waals surface area contributed by atoms with Crippen LogP contribution in [0, 0.1) is 13.8 Å². The molecule has 1 saturated carbocycles. The number of urea groups is 1. The average Bonchev–Trinajstić information content (AvgIpc) is 3.66. The predicted molar refractivity (Wildman–Crippen MR) is 149 cm³/mol. The van der Waals surface area contributed by atoms with Crippen LogP contribution in [0.4, 0.5) is 10.5 Å². The molecule has 3 amide bonds. The van der Waals surface area contributed by atoms with Gasteiger partial charge in [-0.2, -0.15) is 0 Å². The zero-order valence-electron chi connectivity index (χ0n) is 21.5. The molecule has 1 fully saturated rings. The molecule has 3 aromatic carbocycles. The number of aromatic nitrogens is 1. The number of aryl methyl sites for hydroxylation is 2. The molecule has 0 atom stereocenters. The quantitative estimate of drug-likeness (QED) is 0.297. The van der Waals surface area contributed by atoms with E-state index in [2.05, 4.69) is 28.5 Å². The monoisotopic (exact) mass is 494 g/mol. The average molecular weight is 495 g/mol. The van der Waals surface area contributed by atoms with E-state index in [9.17, 15) is 9.59 Å².